The molecule has 0 atom stereocenters. The van der Waals surface area contributed by atoms with Crippen LogP contribution in [0.2, 0.25) is 0 Å². The van der Waals surface area contributed by atoms with Crippen molar-refractivity contribution < 1.29 is 0 Å². The van der Waals surface area contributed by atoms with Gasteiger partial charge in [-0.1, -0.05) is 241 Å². The molecule has 0 saturated heterocycles. The molecule has 2 heteroatoms. The Balaban J connectivity index is 1.00. The molecule has 0 N–H and O–H groups in total. The van der Waals surface area contributed by atoms with Gasteiger partial charge >= 0.3 is 0 Å². The summed E-state index contributed by atoms with van der Waals surface area (Å²) in [5.74, 6) is 0. The first-order valence-electron chi connectivity index (χ1n) is 25.5. The standard InChI is InChI=1S/C71H60N2/c1-51-23-11-10-22-46-70(2,3)68-47-60(42-44-62(51)68)72(49-65(54-24-12-6-13-25-54)55-26-14-7-15-27-55)58-38-34-52(35-39-58)53-36-40-59(41-37-53)73(50-66(56-28-16-8-17-29-56)57-30-18-9-19-31-57)61-43-45-64-63-32-20-21-33-67(63)71(4,5)69(64)48-61/h6-45,47-50H,1,46H2,2-5H3/b22-10-,23-11-. The van der Waals surface area contributed by atoms with Crippen molar-refractivity contribution in [3.63, 3.8) is 0 Å². The van der Waals surface area contributed by atoms with Crippen molar-refractivity contribution >= 4 is 39.5 Å². The summed E-state index contributed by atoms with van der Waals surface area (Å²) in [5.41, 5.74) is 22.1. The minimum Gasteiger partial charge on any atom is -0.317 e. The predicted octanol–water partition coefficient (Wildman–Crippen LogP) is 18.9. The molecule has 2 aliphatic carbocycles. The number of fused-ring (bicyclic) bond motifs is 4. The van der Waals surface area contributed by atoms with Gasteiger partial charge in [0.15, 0.2) is 0 Å². The van der Waals surface area contributed by atoms with Gasteiger partial charge in [0, 0.05) is 51.7 Å². The molecule has 354 valence electrons. The number of benzene rings is 9. The van der Waals surface area contributed by atoms with Gasteiger partial charge < -0.3 is 9.80 Å². The van der Waals surface area contributed by atoms with E-state index in [-0.39, 0.29) is 10.8 Å². The van der Waals surface area contributed by atoms with Crippen LogP contribution in [0.4, 0.5) is 22.7 Å². The summed E-state index contributed by atoms with van der Waals surface area (Å²) in [6.45, 7) is 13.9. The summed E-state index contributed by atoms with van der Waals surface area (Å²) in [5, 5.41) is 0. The highest BCUT2D eigenvalue weighted by Gasteiger charge is 2.35. The van der Waals surface area contributed by atoms with E-state index in [0.717, 1.165) is 79.3 Å². The van der Waals surface area contributed by atoms with Gasteiger partial charge in [0.25, 0.3) is 0 Å². The van der Waals surface area contributed by atoms with Crippen LogP contribution in [-0.2, 0) is 10.8 Å². The van der Waals surface area contributed by atoms with Crippen LogP contribution < -0.4 is 9.80 Å². The van der Waals surface area contributed by atoms with Crippen LogP contribution in [0.15, 0.2) is 274 Å². The maximum absolute atomic E-state index is 4.50. The lowest BCUT2D eigenvalue weighted by Gasteiger charge is -2.30. The van der Waals surface area contributed by atoms with Gasteiger partial charge in [-0.15, -0.1) is 0 Å². The molecule has 0 amide bonds. The predicted molar refractivity (Wildman–Crippen MR) is 311 cm³/mol. The summed E-state index contributed by atoms with van der Waals surface area (Å²) in [6.07, 6.45) is 14.2. The number of allylic oxidation sites excluding steroid dienone is 5. The van der Waals surface area contributed by atoms with Crippen LogP contribution in [0.3, 0.4) is 0 Å². The minimum absolute atomic E-state index is 0.122. The van der Waals surface area contributed by atoms with Crippen molar-refractivity contribution in [3.8, 4) is 22.3 Å². The second-order valence-electron chi connectivity index (χ2n) is 20.4. The third-order valence-corrected chi connectivity index (χ3v) is 14.9. The second-order valence-corrected chi connectivity index (χ2v) is 20.4. The first-order valence-corrected chi connectivity index (χ1v) is 25.5. The smallest absolute Gasteiger partial charge is 0.0459 e. The topological polar surface area (TPSA) is 6.48 Å². The van der Waals surface area contributed by atoms with Gasteiger partial charge in [-0.2, -0.15) is 0 Å². The molecule has 73 heavy (non-hydrogen) atoms. The SMILES string of the molecule is C=C1/C=C\C=C/CC(C)(C)c2cc(N(C=C(c3ccccc3)c3ccccc3)c3ccc(-c4ccc(N(C=C(c5ccccc5)c5ccccc5)c5ccc6c(c5)C(C)(C)c5ccccc5-6)cc4)cc3)ccc21. The largest absolute Gasteiger partial charge is 0.317 e. The fourth-order valence-corrected chi connectivity index (χ4v) is 10.8. The van der Waals surface area contributed by atoms with E-state index in [2.05, 4.69) is 311 Å². The third kappa shape index (κ3) is 9.37. The zero-order valence-electron chi connectivity index (χ0n) is 42.2. The van der Waals surface area contributed by atoms with Crippen molar-refractivity contribution in [2.75, 3.05) is 9.80 Å². The summed E-state index contributed by atoms with van der Waals surface area (Å²) >= 11 is 0. The first kappa shape index (κ1) is 46.7. The minimum atomic E-state index is -0.135. The molecular weight excluding hydrogens is 881 g/mol. The zero-order chi connectivity index (χ0) is 49.9. The quantitative estimate of drug-likeness (QED) is 0.127. The molecule has 2 aliphatic rings. The zero-order valence-corrected chi connectivity index (χ0v) is 42.2. The normalized spacial score (nSPS) is 14.7. The number of rotatable bonds is 11. The van der Waals surface area contributed by atoms with Crippen molar-refractivity contribution in [3.05, 3.63) is 318 Å². The fourth-order valence-electron chi connectivity index (χ4n) is 10.8. The number of nitrogens with zero attached hydrogens (tertiary/aromatic N) is 2. The van der Waals surface area contributed by atoms with Crippen LogP contribution >= 0.6 is 0 Å². The molecule has 0 saturated carbocycles. The Morgan fingerprint density at radius 1 is 0.397 bits per heavy atom. The molecule has 0 unspecified atom stereocenters. The maximum Gasteiger partial charge on any atom is 0.0459 e. The molecule has 0 heterocycles. The van der Waals surface area contributed by atoms with E-state index in [9.17, 15) is 0 Å². The molecule has 11 rings (SSSR count). The molecule has 0 radical (unpaired) electrons. The van der Waals surface area contributed by atoms with E-state index in [1.807, 2.05) is 0 Å². The van der Waals surface area contributed by atoms with Gasteiger partial charge in [-0.05, 0) is 133 Å². The van der Waals surface area contributed by atoms with Crippen molar-refractivity contribution in [1.82, 2.24) is 0 Å². The van der Waals surface area contributed by atoms with Crippen LogP contribution in [0.1, 0.15) is 78.6 Å². The molecule has 0 aliphatic heterocycles. The van der Waals surface area contributed by atoms with Crippen LogP contribution in [0.5, 0.6) is 0 Å². The molecule has 0 bridgehead atoms. The molecule has 0 spiro atoms. The van der Waals surface area contributed by atoms with E-state index in [1.165, 1.54) is 33.4 Å². The molecule has 0 fully saturated rings. The summed E-state index contributed by atoms with van der Waals surface area (Å²) in [6, 6.07) is 83.8. The van der Waals surface area contributed by atoms with Crippen molar-refractivity contribution in [2.45, 2.75) is 44.9 Å². The molecule has 9 aromatic rings. The number of hydrogen-bond acceptors (Lipinski definition) is 2. The van der Waals surface area contributed by atoms with Gasteiger partial charge in [0.2, 0.25) is 0 Å². The molecule has 2 nitrogen and oxygen atoms in total. The van der Waals surface area contributed by atoms with Gasteiger partial charge in [-0.25, -0.2) is 0 Å². The van der Waals surface area contributed by atoms with Crippen LogP contribution in [0.25, 0.3) is 39.0 Å². The second kappa shape index (κ2) is 19.8. The fraction of sp³-hybridized carbons (Fsp3) is 0.0986. The first-order chi connectivity index (χ1) is 35.6. The average molecular weight is 941 g/mol. The Hall–Kier alpha value is -8.72. The lowest BCUT2D eigenvalue weighted by atomic mass is 9.77. The maximum atomic E-state index is 4.50. The number of hydrogen-bond donors (Lipinski definition) is 0. The van der Waals surface area contributed by atoms with E-state index >= 15 is 0 Å². The summed E-state index contributed by atoms with van der Waals surface area (Å²) < 4.78 is 0. The van der Waals surface area contributed by atoms with Gasteiger partial charge in [0.05, 0.1) is 0 Å². The van der Waals surface area contributed by atoms with Crippen molar-refractivity contribution in [1.29, 1.82) is 0 Å². The van der Waals surface area contributed by atoms with Crippen LogP contribution in [0, 0.1) is 0 Å². The Kier molecular flexibility index (Phi) is 12.7. The highest BCUT2D eigenvalue weighted by molar-refractivity contribution is 5.89. The summed E-state index contributed by atoms with van der Waals surface area (Å²) in [4.78, 5) is 4.73. The third-order valence-electron chi connectivity index (χ3n) is 14.9. The Morgan fingerprint density at radius 2 is 0.795 bits per heavy atom. The van der Waals surface area contributed by atoms with E-state index in [4.69, 9.17) is 0 Å². The highest BCUT2D eigenvalue weighted by atomic mass is 15.1. The van der Waals surface area contributed by atoms with E-state index in [0.29, 0.717) is 0 Å². The number of anilines is 4. The Morgan fingerprint density at radius 3 is 1.27 bits per heavy atom. The Labute approximate surface area is 432 Å². The van der Waals surface area contributed by atoms with Gasteiger partial charge in [0.1, 0.15) is 0 Å². The summed E-state index contributed by atoms with van der Waals surface area (Å²) in [7, 11) is 0. The Bertz CT molecular complexity index is 3470. The lowest BCUT2D eigenvalue weighted by Crippen LogP contribution is -2.19. The van der Waals surface area contributed by atoms with Crippen LogP contribution in [-0.4, -0.2) is 0 Å². The molecular formula is C71H60N2. The van der Waals surface area contributed by atoms with E-state index in [1.54, 1.807) is 0 Å². The molecule has 9 aromatic carbocycles. The lowest BCUT2D eigenvalue weighted by molar-refractivity contribution is 0.533. The van der Waals surface area contributed by atoms with Gasteiger partial charge in [-0.3, -0.25) is 0 Å². The van der Waals surface area contributed by atoms with E-state index < -0.39 is 0 Å². The average Bonchev–Trinajstić information content (AvgIpc) is 3.69. The highest BCUT2D eigenvalue weighted by Crippen LogP contribution is 2.50. The molecule has 0 aromatic heterocycles. The monoisotopic (exact) mass is 940 g/mol. The van der Waals surface area contributed by atoms with Crippen molar-refractivity contribution in [2.24, 2.45) is 0 Å².